The minimum atomic E-state index is -0.0315. The maximum absolute atomic E-state index is 12.7. The highest BCUT2D eigenvalue weighted by molar-refractivity contribution is 5.80. The summed E-state index contributed by atoms with van der Waals surface area (Å²) in [5.41, 5.74) is 1.29. The van der Waals surface area contributed by atoms with Crippen LogP contribution < -0.4 is 10.6 Å². The topological polar surface area (TPSA) is 64.7 Å². The minimum Gasteiger partial charge on any atom is -0.351 e. The fourth-order valence-electron chi connectivity index (χ4n) is 3.90. The number of urea groups is 1. The molecule has 0 bridgehead atoms. The molecule has 0 aliphatic carbocycles. The Morgan fingerprint density at radius 3 is 2.69 bits per heavy atom. The third kappa shape index (κ3) is 4.97. The zero-order valence-corrected chi connectivity index (χ0v) is 15.6. The zero-order chi connectivity index (χ0) is 18.4. The highest BCUT2D eigenvalue weighted by atomic mass is 16.2. The lowest BCUT2D eigenvalue weighted by Crippen LogP contribution is -2.47. The van der Waals surface area contributed by atoms with Crippen molar-refractivity contribution in [2.24, 2.45) is 5.92 Å². The van der Waals surface area contributed by atoms with Gasteiger partial charge < -0.3 is 15.5 Å². The standard InChI is InChI=1S/C20H30N4O2/c1-2-21-20(26)24-12-10-18(15-24)22-19(25)17-9-6-11-23(14-17)13-16-7-4-3-5-8-16/h3-5,7-8,17-18H,2,6,9-15H2,1H3,(H,21,26)(H,22,25). The smallest absolute Gasteiger partial charge is 0.317 e. The van der Waals surface area contributed by atoms with Crippen LogP contribution in [0.25, 0.3) is 0 Å². The molecule has 2 fully saturated rings. The molecule has 2 aliphatic rings. The first-order valence-corrected chi connectivity index (χ1v) is 9.75. The lowest BCUT2D eigenvalue weighted by molar-refractivity contribution is -0.127. The van der Waals surface area contributed by atoms with Crippen molar-refractivity contribution < 1.29 is 9.59 Å². The number of hydrogen-bond acceptors (Lipinski definition) is 3. The van der Waals surface area contributed by atoms with Gasteiger partial charge in [0.25, 0.3) is 0 Å². The zero-order valence-electron chi connectivity index (χ0n) is 15.6. The average molecular weight is 358 g/mol. The van der Waals surface area contributed by atoms with Crippen LogP contribution in [0.3, 0.4) is 0 Å². The second-order valence-electron chi connectivity index (χ2n) is 7.34. The van der Waals surface area contributed by atoms with Crippen LogP contribution in [-0.2, 0) is 11.3 Å². The highest BCUT2D eigenvalue weighted by Crippen LogP contribution is 2.20. The van der Waals surface area contributed by atoms with Gasteiger partial charge in [-0.05, 0) is 38.3 Å². The molecule has 2 atom stereocenters. The van der Waals surface area contributed by atoms with Crippen LogP contribution in [0.1, 0.15) is 31.7 Å². The lowest BCUT2D eigenvalue weighted by atomic mass is 9.96. The average Bonchev–Trinajstić information content (AvgIpc) is 3.12. The molecule has 1 aromatic rings. The Balaban J connectivity index is 1.46. The Hall–Kier alpha value is -2.08. The number of amides is 3. The molecule has 6 nitrogen and oxygen atoms in total. The van der Waals surface area contributed by atoms with Crippen LogP contribution in [0.4, 0.5) is 4.79 Å². The molecule has 6 heteroatoms. The van der Waals surface area contributed by atoms with E-state index in [-0.39, 0.29) is 23.9 Å². The molecule has 0 spiro atoms. The Morgan fingerprint density at radius 1 is 1.12 bits per heavy atom. The van der Waals surface area contributed by atoms with Crippen molar-refractivity contribution >= 4 is 11.9 Å². The Morgan fingerprint density at radius 2 is 1.92 bits per heavy atom. The predicted octanol–water partition coefficient (Wildman–Crippen LogP) is 1.82. The maximum Gasteiger partial charge on any atom is 0.317 e. The number of piperidine rings is 1. The summed E-state index contributed by atoms with van der Waals surface area (Å²) in [6.07, 6.45) is 2.84. The van der Waals surface area contributed by atoms with Gasteiger partial charge >= 0.3 is 6.03 Å². The van der Waals surface area contributed by atoms with E-state index in [0.717, 1.165) is 38.9 Å². The van der Waals surface area contributed by atoms with E-state index in [9.17, 15) is 9.59 Å². The fourth-order valence-corrected chi connectivity index (χ4v) is 3.90. The Bertz CT molecular complexity index is 607. The SMILES string of the molecule is CCNC(=O)N1CCC(NC(=O)C2CCCN(Cc3ccccc3)C2)C1. The number of carbonyl (C=O) groups is 2. The first-order valence-electron chi connectivity index (χ1n) is 9.75. The van der Waals surface area contributed by atoms with Gasteiger partial charge in [-0.3, -0.25) is 9.69 Å². The first kappa shape index (κ1) is 18.7. The fraction of sp³-hybridized carbons (Fsp3) is 0.600. The molecular weight excluding hydrogens is 328 g/mol. The number of likely N-dealkylation sites (tertiary alicyclic amines) is 2. The van der Waals surface area contributed by atoms with E-state index in [2.05, 4.69) is 39.8 Å². The molecule has 2 aliphatic heterocycles. The van der Waals surface area contributed by atoms with Gasteiger partial charge in [-0.1, -0.05) is 30.3 Å². The molecule has 3 rings (SSSR count). The van der Waals surface area contributed by atoms with Crippen molar-refractivity contribution in [3.8, 4) is 0 Å². The second kappa shape index (κ2) is 9.03. The third-order valence-electron chi connectivity index (χ3n) is 5.28. The molecule has 0 aromatic heterocycles. The lowest BCUT2D eigenvalue weighted by Gasteiger charge is -2.32. The predicted molar refractivity (Wildman–Crippen MR) is 102 cm³/mol. The van der Waals surface area contributed by atoms with Crippen molar-refractivity contribution in [1.29, 1.82) is 0 Å². The van der Waals surface area contributed by atoms with Crippen molar-refractivity contribution in [2.75, 3.05) is 32.7 Å². The maximum atomic E-state index is 12.7. The normalized spacial score (nSPS) is 23.7. The summed E-state index contributed by atoms with van der Waals surface area (Å²) >= 11 is 0. The van der Waals surface area contributed by atoms with E-state index in [4.69, 9.17) is 0 Å². The van der Waals surface area contributed by atoms with Gasteiger partial charge in [-0.2, -0.15) is 0 Å². The van der Waals surface area contributed by atoms with Crippen LogP contribution in [0.15, 0.2) is 30.3 Å². The van der Waals surface area contributed by atoms with Gasteiger partial charge in [-0.25, -0.2) is 4.79 Å². The number of nitrogens with one attached hydrogen (secondary N) is 2. The number of rotatable bonds is 5. The molecule has 142 valence electrons. The monoisotopic (exact) mass is 358 g/mol. The summed E-state index contributed by atoms with van der Waals surface area (Å²) in [5.74, 6) is 0.191. The molecule has 0 radical (unpaired) electrons. The summed E-state index contributed by atoms with van der Waals surface area (Å²) in [4.78, 5) is 28.8. The third-order valence-corrected chi connectivity index (χ3v) is 5.28. The minimum absolute atomic E-state index is 0.0315. The largest absolute Gasteiger partial charge is 0.351 e. The quantitative estimate of drug-likeness (QED) is 0.844. The number of carbonyl (C=O) groups excluding carboxylic acids is 2. The first-order chi connectivity index (χ1) is 12.7. The highest BCUT2D eigenvalue weighted by Gasteiger charge is 2.31. The molecule has 1 aromatic carbocycles. The van der Waals surface area contributed by atoms with Crippen molar-refractivity contribution in [3.05, 3.63) is 35.9 Å². The van der Waals surface area contributed by atoms with Crippen LogP contribution in [0.2, 0.25) is 0 Å². The summed E-state index contributed by atoms with van der Waals surface area (Å²) in [6.45, 7) is 6.63. The van der Waals surface area contributed by atoms with Crippen molar-refractivity contribution in [1.82, 2.24) is 20.4 Å². The molecule has 2 saturated heterocycles. The molecule has 2 heterocycles. The van der Waals surface area contributed by atoms with E-state index in [1.165, 1.54) is 5.56 Å². The molecule has 0 saturated carbocycles. The van der Waals surface area contributed by atoms with Gasteiger partial charge in [0.1, 0.15) is 0 Å². The van der Waals surface area contributed by atoms with Crippen LogP contribution >= 0.6 is 0 Å². The van der Waals surface area contributed by atoms with Crippen LogP contribution in [0.5, 0.6) is 0 Å². The number of benzene rings is 1. The summed E-state index contributed by atoms with van der Waals surface area (Å²) in [6, 6.07) is 10.5. The van der Waals surface area contributed by atoms with Gasteiger partial charge in [0, 0.05) is 38.8 Å². The summed E-state index contributed by atoms with van der Waals surface area (Å²) in [7, 11) is 0. The molecular formula is C20H30N4O2. The van der Waals surface area contributed by atoms with E-state index in [1.54, 1.807) is 4.90 Å². The summed E-state index contributed by atoms with van der Waals surface area (Å²) in [5, 5.41) is 5.99. The Kier molecular flexibility index (Phi) is 6.50. The van der Waals surface area contributed by atoms with Gasteiger partial charge in [-0.15, -0.1) is 0 Å². The molecule has 2 N–H and O–H groups in total. The van der Waals surface area contributed by atoms with Crippen LogP contribution in [-0.4, -0.2) is 60.5 Å². The van der Waals surface area contributed by atoms with E-state index in [0.29, 0.717) is 19.6 Å². The second-order valence-corrected chi connectivity index (χ2v) is 7.34. The molecule has 2 unspecified atom stereocenters. The van der Waals surface area contributed by atoms with Crippen molar-refractivity contribution in [3.63, 3.8) is 0 Å². The van der Waals surface area contributed by atoms with Gasteiger partial charge in [0.05, 0.1) is 5.92 Å². The molecule has 3 amide bonds. The molecule has 26 heavy (non-hydrogen) atoms. The summed E-state index contributed by atoms with van der Waals surface area (Å²) < 4.78 is 0. The van der Waals surface area contributed by atoms with E-state index >= 15 is 0 Å². The van der Waals surface area contributed by atoms with E-state index in [1.807, 2.05) is 13.0 Å². The van der Waals surface area contributed by atoms with E-state index < -0.39 is 0 Å². The van der Waals surface area contributed by atoms with Crippen molar-refractivity contribution in [2.45, 2.75) is 38.8 Å². The number of nitrogens with zero attached hydrogens (tertiary/aromatic N) is 2. The van der Waals surface area contributed by atoms with Gasteiger partial charge in [0.2, 0.25) is 5.91 Å². The van der Waals surface area contributed by atoms with Gasteiger partial charge in [0.15, 0.2) is 0 Å². The Labute approximate surface area is 155 Å². The van der Waals surface area contributed by atoms with Crippen LogP contribution in [0, 0.1) is 5.92 Å². The number of hydrogen-bond donors (Lipinski definition) is 2.